The maximum absolute atomic E-state index is 11.2. The number of carbonyl (C=O) groups excluding carboxylic acids is 1. The van der Waals surface area contributed by atoms with Gasteiger partial charge in [0.25, 0.3) is 5.91 Å². The molecule has 0 aliphatic heterocycles. The molecule has 0 bridgehead atoms. The van der Waals surface area contributed by atoms with Crippen LogP contribution in [0.5, 0.6) is 0 Å². The second kappa shape index (κ2) is 4.25. The normalized spacial score (nSPS) is 12.5. The van der Waals surface area contributed by atoms with Crippen molar-refractivity contribution in [1.82, 2.24) is 10.2 Å². The fourth-order valence-electron chi connectivity index (χ4n) is 0.697. The lowest BCUT2D eigenvalue weighted by atomic mass is 10.4. The van der Waals surface area contributed by atoms with Crippen LogP contribution in [0.2, 0.25) is 5.15 Å². The molecule has 2 N–H and O–H groups in total. The lowest BCUT2D eigenvalue weighted by molar-refractivity contribution is -0.124. The van der Waals surface area contributed by atoms with Crippen molar-refractivity contribution in [2.24, 2.45) is 0 Å². The first-order valence-corrected chi connectivity index (χ1v) is 4.06. The molecule has 1 rings (SSSR count). The Labute approximate surface area is 80.4 Å². The Hall–Kier alpha value is -1.07. The van der Waals surface area contributed by atoms with E-state index in [2.05, 4.69) is 15.5 Å². The Morgan fingerprint density at radius 2 is 2.54 bits per heavy atom. The van der Waals surface area contributed by atoms with Crippen LogP contribution < -0.4 is 5.32 Å². The van der Waals surface area contributed by atoms with Gasteiger partial charge in [0.1, 0.15) is 11.3 Å². The molecule has 1 unspecified atom stereocenters. The highest BCUT2D eigenvalue weighted by atomic mass is 35.5. The minimum atomic E-state index is -0.504. The third kappa shape index (κ3) is 2.71. The Bertz CT molecular complexity index is 300. The third-order valence-corrected chi connectivity index (χ3v) is 1.71. The fraction of sp³-hybridized carbons (Fsp3) is 0.429. The number of nitrogens with one attached hydrogen (secondary N) is 2. The summed E-state index contributed by atoms with van der Waals surface area (Å²) in [6, 6.07) is 1.52. The Morgan fingerprint density at radius 1 is 1.85 bits per heavy atom. The van der Waals surface area contributed by atoms with Crippen molar-refractivity contribution in [3.8, 4) is 0 Å². The van der Waals surface area contributed by atoms with E-state index in [1.54, 1.807) is 6.92 Å². The van der Waals surface area contributed by atoms with E-state index in [0.717, 1.165) is 0 Å². The summed E-state index contributed by atoms with van der Waals surface area (Å²) in [5, 5.41) is 9.12. The van der Waals surface area contributed by atoms with Gasteiger partial charge in [-0.15, -0.1) is 0 Å². The van der Waals surface area contributed by atoms with Crippen LogP contribution in [0.3, 0.4) is 0 Å². The molecular weight excluding hydrogens is 194 g/mol. The Morgan fingerprint density at radius 3 is 3.00 bits per heavy atom. The molecule has 0 saturated heterocycles. The summed E-state index contributed by atoms with van der Waals surface area (Å²) in [4.78, 5) is 11.2. The number of carbonyl (C=O) groups is 1. The van der Waals surface area contributed by atoms with Gasteiger partial charge >= 0.3 is 0 Å². The molecule has 0 aromatic carbocycles. The van der Waals surface area contributed by atoms with Crippen LogP contribution in [0.15, 0.2) is 6.07 Å². The van der Waals surface area contributed by atoms with E-state index in [1.807, 2.05) is 0 Å². The van der Waals surface area contributed by atoms with E-state index in [9.17, 15) is 4.79 Å². The monoisotopic (exact) mass is 203 g/mol. The first-order chi connectivity index (χ1) is 6.13. The van der Waals surface area contributed by atoms with Crippen LogP contribution in [0.1, 0.15) is 6.92 Å². The van der Waals surface area contributed by atoms with Gasteiger partial charge in [-0.1, -0.05) is 11.6 Å². The zero-order valence-electron chi connectivity index (χ0n) is 7.30. The molecule has 0 spiro atoms. The first-order valence-electron chi connectivity index (χ1n) is 3.68. The van der Waals surface area contributed by atoms with Crippen molar-refractivity contribution in [2.75, 3.05) is 12.4 Å². The number of amides is 1. The molecule has 6 heteroatoms. The number of aromatic amines is 1. The van der Waals surface area contributed by atoms with Gasteiger partial charge in [0.15, 0.2) is 5.82 Å². The molecule has 1 aromatic rings. The molecule has 0 aliphatic rings. The zero-order chi connectivity index (χ0) is 9.84. The van der Waals surface area contributed by atoms with E-state index in [0.29, 0.717) is 11.0 Å². The van der Waals surface area contributed by atoms with Crippen molar-refractivity contribution < 1.29 is 9.53 Å². The van der Waals surface area contributed by atoms with Gasteiger partial charge < -0.3 is 10.1 Å². The highest BCUT2D eigenvalue weighted by molar-refractivity contribution is 6.29. The molecule has 5 nitrogen and oxygen atoms in total. The van der Waals surface area contributed by atoms with Gasteiger partial charge in [-0.3, -0.25) is 9.89 Å². The molecule has 0 radical (unpaired) electrons. The number of halogens is 1. The average molecular weight is 204 g/mol. The molecule has 1 aromatic heterocycles. The summed E-state index contributed by atoms with van der Waals surface area (Å²) in [6.45, 7) is 1.64. The van der Waals surface area contributed by atoms with Crippen LogP contribution in [0.4, 0.5) is 5.82 Å². The Kier molecular flexibility index (Phi) is 3.27. The van der Waals surface area contributed by atoms with E-state index in [4.69, 9.17) is 16.3 Å². The maximum atomic E-state index is 11.2. The molecule has 1 heterocycles. The summed E-state index contributed by atoms with van der Waals surface area (Å²) in [5.74, 6) is 0.129. The zero-order valence-corrected chi connectivity index (χ0v) is 8.05. The number of rotatable bonds is 3. The predicted molar refractivity (Wildman–Crippen MR) is 48.7 cm³/mol. The van der Waals surface area contributed by atoms with Crippen LogP contribution in [0.25, 0.3) is 0 Å². The molecule has 0 fully saturated rings. The number of aromatic nitrogens is 2. The van der Waals surface area contributed by atoms with Gasteiger partial charge in [0.05, 0.1) is 0 Å². The Balaban J connectivity index is 2.54. The summed E-state index contributed by atoms with van der Waals surface area (Å²) >= 11 is 5.56. The van der Waals surface area contributed by atoms with Gasteiger partial charge in [-0.25, -0.2) is 0 Å². The quantitative estimate of drug-likeness (QED) is 0.771. The lowest BCUT2D eigenvalue weighted by Gasteiger charge is -2.07. The predicted octanol–water partition coefficient (Wildman–Crippen LogP) is 1.04. The number of ether oxygens (including phenoxy) is 1. The molecule has 72 valence electrons. The summed E-state index contributed by atoms with van der Waals surface area (Å²) in [6.07, 6.45) is -0.504. The fourth-order valence-corrected chi connectivity index (χ4v) is 0.843. The van der Waals surface area contributed by atoms with Gasteiger partial charge in [-0.05, 0) is 6.92 Å². The molecule has 0 aliphatic carbocycles. The number of methoxy groups -OCH3 is 1. The molecule has 0 saturated carbocycles. The summed E-state index contributed by atoms with van der Waals surface area (Å²) in [7, 11) is 1.46. The second-order valence-electron chi connectivity index (χ2n) is 2.47. The van der Waals surface area contributed by atoms with Crippen LogP contribution in [-0.4, -0.2) is 29.3 Å². The average Bonchev–Trinajstić information content (AvgIpc) is 2.49. The molecule has 1 atom stereocenters. The van der Waals surface area contributed by atoms with E-state index in [-0.39, 0.29) is 5.91 Å². The van der Waals surface area contributed by atoms with Crippen molar-refractivity contribution in [3.63, 3.8) is 0 Å². The van der Waals surface area contributed by atoms with Crippen LogP contribution in [-0.2, 0) is 9.53 Å². The number of nitrogens with zero attached hydrogens (tertiary/aromatic N) is 1. The minimum absolute atomic E-state index is 0.259. The topological polar surface area (TPSA) is 67.0 Å². The van der Waals surface area contributed by atoms with Gasteiger partial charge in [0, 0.05) is 13.2 Å². The minimum Gasteiger partial charge on any atom is -0.372 e. The van der Waals surface area contributed by atoms with Crippen LogP contribution >= 0.6 is 11.6 Å². The number of H-pyrrole nitrogens is 1. The van der Waals surface area contributed by atoms with E-state index < -0.39 is 6.10 Å². The van der Waals surface area contributed by atoms with Crippen molar-refractivity contribution in [1.29, 1.82) is 0 Å². The second-order valence-corrected chi connectivity index (χ2v) is 2.88. The largest absolute Gasteiger partial charge is 0.372 e. The third-order valence-electron chi connectivity index (χ3n) is 1.52. The summed E-state index contributed by atoms with van der Waals surface area (Å²) < 4.78 is 4.81. The highest BCUT2D eigenvalue weighted by Gasteiger charge is 2.12. The molecule has 13 heavy (non-hydrogen) atoms. The number of hydrogen-bond acceptors (Lipinski definition) is 3. The van der Waals surface area contributed by atoms with Crippen molar-refractivity contribution >= 4 is 23.3 Å². The highest BCUT2D eigenvalue weighted by Crippen LogP contribution is 2.10. The van der Waals surface area contributed by atoms with E-state index in [1.165, 1.54) is 13.2 Å². The van der Waals surface area contributed by atoms with Gasteiger partial charge in [0.2, 0.25) is 0 Å². The van der Waals surface area contributed by atoms with Crippen LogP contribution in [0, 0.1) is 0 Å². The number of anilines is 1. The number of hydrogen-bond donors (Lipinski definition) is 2. The van der Waals surface area contributed by atoms with Gasteiger partial charge in [-0.2, -0.15) is 5.10 Å². The van der Waals surface area contributed by atoms with Crippen molar-refractivity contribution in [3.05, 3.63) is 11.2 Å². The smallest absolute Gasteiger partial charge is 0.254 e. The lowest BCUT2D eigenvalue weighted by Crippen LogP contribution is -2.26. The standard InChI is InChI=1S/C7H10ClN3O2/c1-4(13-2)7(12)9-6-3-5(8)10-11-6/h3-4H,1-2H3,(H2,9,10,11,12). The first kappa shape index (κ1) is 10.0. The SMILES string of the molecule is COC(C)C(=O)Nc1cc(Cl)[nH]n1. The van der Waals surface area contributed by atoms with E-state index >= 15 is 0 Å². The summed E-state index contributed by atoms with van der Waals surface area (Å²) in [5.41, 5.74) is 0. The molecular formula is C7H10ClN3O2. The maximum Gasteiger partial charge on any atom is 0.254 e. The van der Waals surface area contributed by atoms with Crippen molar-refractivity contribution in [2.45, 2.75) is 13.0 Å². The molecule has 1 amide bonds.